The van der Waals surface area contributed by atoms with Crippen molar-refractivity contribution in [3.8, 4) is 0 Å². The van der Waals surface area contributed by atoms with Gasteiger partial charge in [-0.3, -0.25) is 4.79 Å². The molecule has 0 aliphatic carbocycles. The van der Waals surface area contributed by atoms with Gasteiger partial charge in [0.05, 0.1) is 18.7 Å². The highest BCUT2D eigenvalue weighted by molar-refractivity contribution is 7.14. The minimum Gasteiger partial charge on any atom is -0.372 e. The molecule has 1 aliphatic heterocycles. The lowest BCUT2D eigenvalue weighted by molar-refractivity contribution is -0.119. The Morgan fingerprint density at radius 3 is 3.14 bits per heavy atom. The summed E-state index contributed by atoms with van der Waals surface area (Å²) in [5.74, 6) is 0.341. The van der Waals surface area contributed by atoms with Crippen LogP contribution in [0.1, 0.15) is 48.4 Å². The van der Waals surface area contributed by atoms with Gasteiger partial charge >= 0.3 is 0 Å². The molecular formula is C15H18N2O2S2. The summed E-state index contributed by atoms with van der Waals surface area (Å²) in [6, 6.07) is 2.13. The maximum Gasteiger partial charge on any atom is 0.229 e. The second-order valence-corrected chi connectivity index (χ2v) is 7.21. The molecule has 1 aliphatic rings. The molecule has 0 spiro atoms. The second kappa shape index (κ2) is 6.25. The van der Waals surface area contributed by atoms with Crippen molar-refractivity contribution in [1.82, 2.24) is 4.98 Å². The van der Waals surface area contributed by atoms with E-state index in [9.17, 15) is 4.79 Å². The number of rotatable bonds is 4. The molecule has 4 nitrogen and oxygen atoms in total. The van der Waals surface area contributed by atoms with Gasteiger partial charge < -0.3 is 10.1 Å². The van der Waals surface area contributed by atoms with Crippen LogP contribution in [0.3, 0.4) is 0 Å². The number of hydrogen-bond acceptors (Lipinski definition) is 5. The number of thiophene rings is 1. The molecule has 1 atom stereocenters. The van der Waals surface area contributed by atoms with Gasteiger partial charge in [-0.2, -0.15) is 0 Å². The molecule has 6 heteroatoms. The van der Waals surface area contributed by atoms with Crippen LogP contribution >= 0.6 is 22.7 Å². The number of thiazole rings is 1. The molecule has 0 saturated carbocycles. The number of anilines is 1. The van der Waals surface area contributed by atoms with Crippen LogP contribution in [-0.4, -0.2) is 17.5 Å². The highest BCUT2D eigenvalue weighted by atomic mass is 32.1. The molecule has 112 valence electrons. The van der Waals surface area contributed by atoms with Gasteiger partial charge in [0.25, 0.3) is 0 Å². The predicted octanol–water partition coefficient (Wildman–Crippen LogP) is 3.97. The average Bonchev–Trinajstić information content (AvgIpc) is 3.07. The minimum atomic E-state index is -0.113. The van der Waals surface area contributed by atoms with E-state index in [-0.39, 0.29) is 12.0 Å². The van der Waals surface area contributed by atoms with E-state index in [0.29, 0.717) is 24.1 Å². The maximum atomic E-state index is 12.2. The van der Waals surface area contributed by atoms with Crippen LogP contribution in [0.5, 0.6) is 0 Å². The fraction of sp³-hybridized carbons (Fsp3) is 0.467. The third-order valence-corrected chi connectivity index (χ3v) is 5.32. The summed E-state index contributed by atoms with van der Waals surface area (Å²) in [6.07, 6.45) is 1.18. The molecule has 0 saturated heterocycles. The molecular weight excluding hydrogens is 304 g/mol. The van der Waals surface area contributed by atoms with E-state index in [1.54, 1.807) is 11.3 Å². The standard InChI is InChI=1S/C15H18N2O2S2/c1-9(2)11-8-21-15(16-11)17-13(18)7-12-14-10(3-5-19-12)4-6-20-14/h4,6,8-9,12H,3,5,7H2,1-2H3,(H,16,17,18). The Labute approximate surface area is 132 Å². The number of carbonyl (C=O) groups excluding carboxylic acids is 1. The van der Waals surface area contributed by atoms with Gasteiger partial charge in [-0.25, -0.2) is 4.98 Å². The van der Waals surface area contributed by atoms with Crippen LogP contribution in [-0.2, 0) is 16.0 Å². The normalized spacial score (nSPS) is 17.8. The fourth-order valence-corrected chi connectivity index (χ4v) is 4.21. The molecule has 3 rings (SSSR count). The smallest absolute Gasteiger partial charge is 0.229 e. The van der Waals surface area contributed by atoms with Gasteiger partial charge in [-0.15, -0.1) is 22.7 Å². The molecule has 1 amide bonds. The van der Waals surface area contributed by atoms with Crippen molar-refractivity contribution < 1.29 is 9.53 Å². The molecule has 0 bridgehead atoms. The summed E-state index contributed by atoms with van der Waals surface area (Å²) < 4.78 is 5.75. The van der Waals surface area contributed by atoms with Gasteiger partial charge in [0.2, 0.25) is 5.91 Å². The number of aromatic nitrogens is 1. The maximum absolute atomic E-state index is 12.2. The van der Waals surface area contributed by atoms with Gasteiger partial charge in [0.15, 0.2) is 5.13 Å². The van der Waals surface area contributed by atoms with Crippen molar-refractivity contribution in [2.75, 3.05) is 11.9 Å². The fourth-order valence-electron chi connectivity index (χ4n) is 2.32. The van der Waals surface area contributed by atoms with Crippen LogP contribution in [0.2, 0.25) is 0 Å². The third kappa shape index (κ3) is 3.33. The SMILES string of the molecule is CC(C)c1csc(NC(=O)CC2OCCc3ccsc32)n1. The van der Waals surface area contributed by atoms with Crippen molar-refractivity contribution in [1.29, 1.82) is 0 Å². The Hall–Kier alpha value is -1.24. The Bertz CT molecular complexity index is 633. The quantitative estimate of drug-likeness (QED) is 0.926. The molecule has 0 fully saturated rings. The van der Waals surface area contributed by atoms with Crippen molar-refractivity contribution in [3.63, 3.8) is 0 Å². The molecule has 0 radical (unpaired) electrons. The number of ether oxygens (including phenoxy) is 1. The lowest BCUT2D eigenvalue weighted by Gasteiger charge is -2.22. The van der Waals surface area contributed by atoms with Crippen LogP contribution < -0.4 is 5.32 Å². The van der Waals surface area contributed by atoms with E-state index in [4.69, 9.17) is 4.74 Å². The average molecular weight is 322 g/mol. The number of nitrogens with zero attached hydrogens (tertiary/aromatic N) is 1. The van der Waals surface area contributed by atoms with Gasteiger partial charge in [-0.1, -0.05) is 13.8 Å². The first-order chi connectivity index (χ1) is 10.1. The number of amides is 1. The minimum absolute atomic E-state index is 0.0362. The molecule has 1 unspecified atom stereocenters. The zero-order chi connectivity index (χ0) is 14.8. The molecule has 0 aromatic carbocycles. The van der Waals surface area contributed by atoms with E-state index in [0.717, 1.165) is 12.1 Å². The second-order valence-electron chi connectivity index (χ2n) is 5.40. The van der Waals surface area contributed by atoms with Crippen LogP contribution in [0.15, 0.2) is 16.8 Å². The van der Waals surface area contributed by atoms with Gasteiger partial charge in [0, 0.05) is 10.3 Å². The highest BCUT2D eigenvalue weighted by Gasteiger charge is 2.25. The summed E-state index contributed by atoms with van der Waals surface area (Å²) in [4.78, 5) is 17.8. The Morgan fingerprint density at radius 1 is 1.52 bits per heavy atom. The number of fused-ring (bicyclic) bond motifs is 1. The Morgan fingerprint density at radius 2 is 2.38 bits per heavy atom. The largest absolute Gasteiger partial charge is 0.372 e. The Balaban J connectivity index is 1.62. The van der Waals surface area contributed by atoms with Crippen LogP contribution in [0, 0.1) is 0 Å². The summed E-state index contributed by atoms with van der Waals surface area (Å²) in [6.45, 7) is 4.88. The van der Waals surface area contributed by atoms with Crippen LogP contribution in [0.4, 0.5) is 5.13 Å². The van der Waals surface area contributed by atoms with Crippen molar-refractivity contribution in [2.24, 2.45) is 0 Å². The van der Waals surface area contributed by atoms with E-state index in [1.807, 2.05) is 5.38 Å². The van der Waals surface area contributed by atoms with Crippen LogP contribution in [0.25, 0.3) is 0 Å². The van der Waals surface area contributed by atoms with Gasteiger partial charge in [0.1, 0.15) is 6.10 Å². The van der Waals surface area contributed by atoms with Gasteiger partial charge in [-0.05, 0) is 29.3 Å². The van der Waals surface area contributed by atoms with E-state index >= 15 is 0 Å². The number of nitrogens with one attached hydrogen (secondary N) is 1. The van der Waals surface area contributed by atoms with Crippen molar-refractivity contribution >= 4 is 33.7 Å². The zero-order valence-corrected chi connectivity index (χ0v) is 13.7. The summed E-state index contributed by atoms with van der Waals surface area (Å²) >= 11 is 3.15. The van der Waals surface area contributed by atoms with E-state index in [1.165, 1.54) is 21.8 Å². The Kier molecular flexibility index (Phi) is 4.37. The van der Waals surface area contributed by atoms with Crippen molar-refractivity contribution in [2.45, 2.75) is 38.7 Å². The number of hydrogen-bond donors (Lipinski definition) is 1. The highest BCUT2D eigenvalue weighted by Crippen LogP contribution is 2.34. The topological polar surface area (TPSA) is 51.2 Å². The molecule has 2 aromatic heterocycles. The monoisotopic (exact) mass is 322 g/mol. The summed E-state index contributed by atoms with van der Waals surface area (Å²) in [7, 11) is 0. The molecule has 1 N–H and O–H groups in total. The molecule has 3 heterocycles. The van der Waals surface area contributed by atoms with E-state index in [2.05, 4.69) is 35.6 Å². The summed E-state index contributed by atoms with van der Waals surface area (Å²) in [5, 5.41) is 7.62. The molecule has 21 heavy (non-hydrogen) atoms. The third-order valence-electron chi connectivity index (χ3n) is 3.49. The first kappa shape index (κ1) is 14.7. The molecule has 2 aromatic rings. The lowest BCUT2D eigenvalue weighted by atomic mass is 10.1. The lowest BCUT2D eigenvalue weighted by Crippen LogP contribution is -2.21. The predicted molar refractivity (Wildman–Crippen MR) is 86.2 cm³/mol. The van der Waals surface area contributed by atoms with E-state index < -0.39 is 0 Å². The summed E-state index contributed by atoms with van der Waals surface area (Å²) in [5.41, 5.74) is 2.34. The number of carbonyl (C=O) groups is 1. The van der Waals surface area contributed by atoms with Crippen molar-refractivity contribution in [3.05, 3.63) is 33.0 Å². The zero-order valence-electron chi connectivity index (χ0n) is 12.1. The first-order valence-electron chi connectivity index (χ1n) is 7.06. The first-order valence-corrected chi connectivity index (χ1v) is 8.82.